The number of hydrogen-bond donors (Lipinski definition) is 3. The summed E-state index contributed by atoms with van der Waals surface area (Å²) in [6.07, 6.45) is 2.21. The fraction of sp³-hybridized carbons (Fsp3) is 0.750. The Bertz CT molecular complexity index is 282. The Labute approximate surface area is 98.2 Å². The summed E-state index contributed by atoms with van der Waals surface area (Å²) in [7, 11) is 0. The van der Waals surface area contributed by atoms with Gasteiger partial charge in [0.25, 0.3) is 0 Å². The van der Waals surface area contributed by atoms with Gasteiger partial charge in [-0.25, -0.2) is 0 Å². The summed E-state index contributed by atoms with van der Waals surface area (Å²) >= 11 is 0. The summed E-state index contributed by atoms with van der Waals surface area (Å²) in [6, 6.07) is 2.63. The van der Waals surface area contributed by atoms with Gasteiger partial charge in [-0.1, -0.05) is 20.3 Å². The first-order valence-corrected chi connectivity index (χ1v) is 6.23. The SMILES string of the molecule is CCCc1cc(CNC(C)CNCC)[nH]n1. The van der Waals surface area contributed by atoms with Crippen molar-refractivity contribution in [3.05, 3.63) is 17.5 Å². The number of H-pyrrole nitrogens is 1. The molecule has 0 bridgehead atoms. The highest BCUT2D eigenvalue weighted by atomic mass is 15.1. The molecule has 0 amide bonds. The van der Waals surface area contributed by atoms with Gasteiger partial charge in [0.05, 0.1) is 5.69 Å². The van der Waals surface area contributed by atoms with Crippen LogP contribution in [0.4, 0.5) is 0 Å². The minimum Gasteiger partial charge on any atom is -0.315 e. The normalized spacial score (nSPS) is 12.9. The lowest BCUT2D eigenvalue weighted by Gasteiger charge is -2.12. The lowest BCUT2D eigenvalue weighted by atomic mass is 10.2. The summed E-state index contributed by atoms with van der Waals surface area (Å²) in [5.41, 5.74) is 2.34. The number of nitrogens with one attached hydrogen (secondary N) is 3. The average molecular weight is 224 g/mol. The predicted molar refractivity (Wildman–Crippen MR) is 67.4 cm³/mol. The maximum atomic E-state index is 4.27. The standard InChI is InChI=1S/C12H24N4/c1-4-6-11-7-12(16-15-11)9-14-10(3)8-13-5-2/h7,10,13-14H,4-6,8-9H2,1-3H3,(H,15,16). The molecule has 1 aromatic rings. The first kappa shape index (κ1) is 13.2. The van der Waals surface area contributed by atoms with Crippen LogP contribution in [0, 0.1) is 0 Å². The van der Waals surface area contributed by atoms with Crippen molar-refractivity contribution in [2.75, 3.05) is 13.1 Å². The molecule has 0 radical (unpaired) electrons. The van der Waals surface area contributed by atoms with E-state index in [2.05, 4.69) is 47.7 Å². The maximum Gasteiger partial charge on any atom is 0.0625 e. The Balaban J connectivity index is 2.25. The number of likely N-dealkylation sites (N-methyl/N-ethyl adjacent to an activating group) is 1. The van der Waals surface area contributed by atoms with Gasteiger partial charge < -0.3 is 10.6 Å². The Hall–Kier alpha value is -0.870. The average Bonchev–Trinajstić information content (AvgIpc) is 2.72. The molecule has 0 aromatic carbocycles. The second kappa shape index (κ2) is 7.41. The summed E-state index contributed by atoms with van der Waals surface area (Å²) in [5, 5.41) is 14.1. The molecule has 0 aliphatic carbocycles. The Morgan fingerprint density at radius 1 is 1.44 bits per heavy atom. The topological polar surface area (TPSA) is 52.7 Å². The highest BCUT2D eigenvalue weighted by Crippen LogP contribution is 2.02. The molecule has 0 spiro atoms. The molecule has 1 atom stereocenters. The smallest absolute Gasteiger partial charge is 0.0625 e. The second-order valence-corrected chi connectivity index (χ2v) is 4.22. The Kier molecular flexibility index (Phi) is 6.11. The quantitative estimate of drug-likeness (QED) is 0.626. The molecule has 1 aromatic heterocycles. The fourth-order valence-electron chi connectivity index (χ4n) is 1.60. The lowest BCUT2D eigenvalue weighted by molar-refractivity contribution is 0.505. The van der Waals surface area contributed by atoms with E-state index in [4.69, 9.17) is 0 Å². The summed E-state index contributed by atoms with van der Waals surface area (Å²) < 4.78 is 0. The molecular formula is C12H24N4. The van der Waals surface area contributed by atoms with Gasteiger partial charge in [0.1, 0.15) is 0 Å². The molecule has 4 heteroatoms. The van der Waals surface area contributed by atoms with Crippen LogP contribution in [0.5, 0.6) is 0 Å². The molecule has 92 valence electrons. The summed E-state index contributed by atoms with van der Waals surface area (Å²) in [5.74, 6) is 0. The van der Waals surface area contributed by atoms with Crippen molar-refractivity contribution >= 4 is 0 Å². The fourth-order valence-corrected chi connectivity index (χ4v) is 1.60. The van der Waals surface area contributed by atoms with Crippen LogP contribution in [-0.2, 0) is 13.0 Å². The van der Waals surface area contributed by atoms with Crippen LogP contribution in [0.2, 0.25) is 0 Å². The number of aromatic amines is 1. The van der Waals surface area contributed by atoms with E-state index in [0.29, 0.717) is 6.04 Å². The first-order chi connectivity index (χ1) is 7.76. The summed E-state index contributed by atoms with van der Waals surface area (Å²) in [6.45, 7) is 9.38. The molecule has 0 saturated heterocycles. The van der Waals surface area contributed by atoms with Crippen molar-refractivity contribution in [2.24, 2.45) is 0 Å². The molecule has 0 aliphatic heterocycles. The van der Waals surface area contributed by atoms with E-state index in [1.54, 1.807) is 0 Å². The largest absolute Gasteiger partial charge is 0.315 e. The number of aromatic nitrogens is 2. The number of aryl methyl sites for hydroxylation is 1. The van der Waals surface area contributed by atoms with Crippen LogP contribution in [0.25, 0.3) is 0 Å². The van der Waals surface area contributed by atoms with Crippen molar-refractivity contribution in [1.82, 2.24) is 20.8 Å². The van der Waals surface area contributed by atoms with E-state index in [0.717, 1.165) is 32.5 Å². The van der Waals surface area contributed by atoms with Gasteiger partial charge in [0.15, 0.2) is 0 Å². The first-order valence-electron chi connectivity index (χ1n) is 6.23. The molecule has 1 rings (SSSR count). The third-order valence-corrected chi connectivity index (χ3v) is 2.53. The van der Waals surface area contributed by atoms with Crippen LogP contribution in [-0.4, -0.2) is 29.3 Å². The number of hydrogen-bond acceptors (Lipinski definition) is 3. The van der Waals surface area contributed by atoms with Crippen LogP contribution in [0.1, 0.15) is 38.6 Å². The third-order valence-electron chi connectivity index (χ3n) is 2.53. The van der Waals surface area contributed by atoms with E-state index in [9.17, 15) is 0 Å². The molecule has 1 heterocycles. The van der Waals surface area contributed by atoms with Crippen molar-refractivity contribution in [1.29, 1.82) is 0 Å². The molecule has 0 saturated carbocycles. The maximum absolute atomic E-state index is 4.27. The molecule has 0 aliphatic rings. The van der Waals surface area contributed by atoms with Crippen LogP contribution in [0.3, 0.4) is 0 Å². The van der Waals surface area contributed by atoms with E-state index in [1.807, 2.05) is 0 Å². The van der Waals surface area contributed by atoms with Crippen LogP contribution in [0.15, 0.2) is 6.07 Å². The zero-order valence-electron chi connectivity index (χ0n) is 10.6. The third kappa shape index (κ3) is 4.77. The van der Waals surface area contributed by atoms with E-state index in [-0.39, 0.29) is 0 Å². The minimum atomic E-state index is 0.484. The van der Waals surface area contributed by atoms with E-state index >= 15 is 0 Å². The molecule has 1 unspecified atom stereocenters. The molecule has 3 N–H and O–H groups in total. The van der Waals surface area contributed by atoms with Gasteiger partial charge in [-0.3, -0.25) is 5.10 Å². The number of nitrogens with zero attached hydrogens (tertiary/aromatic N) is 1. The highest BCUT2D eigenvalue weighted by molar-refractivity contribution is 5.08. The zero-order valence-corrected chi connectivity index (χ0v) is 10.6. The van der Waals surface area contributed by atoms with Crippen molar-refractivity contribution < 1.29 is 0 Å². The van der Waals surface area contributed by atoms with Crippen LogP contribution < -0.4 is 10.6 Å². The monoisotopic (exact) mass is 224 g/mol. The predicted octanol–water partition coefficient (Wildman–Crippen LogP) is 1.45. The van der Waals surface area contributed by atoms with Gasteiger partial charge in [-0.05, 0) is 26.0 Å². The second-order valence-electron chi connectivity index (χ2n) is 4.22. The van der Waals surface area contributed by atoms with Gasteiger partial charge >= 0.3 is 0 Å². The van der Waals surface area contributed by atoms with Crippen molar-refractivity contribution in [3.8, 4) is 0 Å². The van der Waals surface area contributed by atoms with Gasteiger partial charge in [0.2, 0.25) is 0 Å². The number of rotatable bonds is 8. The molecule has 0 fully saturated rings. The van der Waals surface area contributed by atoms with E-state index < -0.39 is 0 Å². The van der Waals surface area contributed by atoms with Crippen molar-refractivity contribution in [3.63, 3.8) is 0 Å². The summed E-state index contributed by atoms with van der Waals surface area (Å²) in [4.78, 5) is 0. The van der Waals surface area contributed by atoms with Gasteiger partial charge in [-0.2, -0.15) is 5.10 Å². The Morgan fingerprint density at radius 3 is 2.94 bits per heavy atom. The van der Waals surface area contributed by atoms with Gasteiger partial charge in [0, 0.05) is 24.8 Å². The lowest BCUT2D eigenvalue weighted by Crippen LogP contribution is -2.35. The van der Waals surface area contributed by atoms with E-state index in [1.165, 1.54) is 11.4 Å². The highest BCUT2D eigenvalue weighted by Gasteiger charge is 2.03. The van der Waals surface area contributed by atoms with Crippen molar-refractivity contribution in [2.45, 2.75) is 46.2 Å². The molecule has 4 nitrogen and oxygen atoms in total. The molecular weight excluding hydrogens is 200 g/mol. The Morgan fingerprint density at radius 2 is 2.25 bits per heavy atom. The zero-order chi connectivity index (χ0) is 11.8. The van der Waals surface area contributed by atoms with Gasteiger partial charge in [-0.15, -0.1) is 0 Å². The van der Waals surface area contributed by atoms with Crippen LogP contribution >= 0.6 is 0 Å². The minimum absolute atomic E-state index is 0.484. The molecule has 16 heavy (non-hydrogen) atoms.